The van der Waals surface area contributed by atoms with E-state index in [1.54, 1.807) is 6.07 Å². The van der Waals surface area contributed by atoms with Crippen molar-refractivity contribution in [2.45, 2.75) is 6.42 Å². The molecule has 0 spiro atoms. The van der Waals surface area contributed by atoms with E-state index < -0.39 is 0 Å². The predicted octanol–water partition coefficient (Wildman–Crippen LogP) is 3.11. The molecule has 1 N–H and O–H groups in total. The van der Waals surface area contributed by atoms with Crippen LogP contribution >= 0.6 is 0 Å². The molecule has 2 aromatic rings. The van der Waals surface area contributed by atoms with Crippen LogP contribution in [0.1, 0.15) is 16.8 Å². The average molecular weight is 368 g/mol. The van der Waals surface area contributed by atoms with Crippen LogP contribution in [0.15, 0.2) is 54.6 Å². The molecule has 0 aromatic heterocycles. The highest BCUT2D eigenvalue weighted by Crippen LogP contribution is 2.26. The van der Waals surface area contributed by atoms with E-state index in [1.807, 2.05) is 67.5 Å². The van der Waals surface area contributed by atoms with Crippen LogP contribution in [0.3, 0.4) is 0 Å². The molecule has 5 heteroatoms. The molecule has 0 radical (unpaired) electrons. The Labute approximate surface area is 161 Å². The van der Waals surface area contributed by atoms with Gasteiger partial charge in [-0.05, 0) is 62.7 Å². The van der Waals surface area contributed by atoms with Crippen LogP contribution in [-0.4, -0.2) is 61.2 Å². The summed E-state index contributed by atoms with van der Waals surface area (Å²) in [5.74, 6) is 1.89. The predicted molar refractivity (Wildman–Crippen MR) is 106 cm³/mol. The third-order valence-corrected chi connectivity index (χ3v) is 4.85. The molecule has 1 amide bonds. The van der Waals surface area contributed by atoms with Crippen LogP contribution in [0.4, 0.5) is 0 Å². The van der Waals surface area contributed by atoms with Gasteiger partial charge in [0, 0.05) is 31.8 Å². The Morgan fingerprint density at radius 1 is 1.07 bits per heavy atom. The molecule has 2 aromatic carbocycles. The molecule has 3 rings (SSSR count). The number of aliphatic hydroxyl groups is 1. The highest BCUT2D eigenvalue weighted by Gasteiger charge is 2.30. The molecular formula is C22H28N2O3. The third kappa shape index (κ3) is 5.31. The smallest absolute Gasteiger partial charge is 0.254 e. The Balaban J connectivity index is 1.73. The molecule has 0 bridgehead atoms. The summed E-state index contributed by atoms with van der Waals surface area (Å²) in [6.07, 6.45) is 0.954. The minimum atomic E-state index is -0.00424. The summed E-state index contributed by atoms with van der Waals surface area (Å²) < 4.78 is 5.86. The Morgan fingerprint density at radius 3 is 2.48 bits per heavy atom. The molecule has 0 saturated carbocycles. The van der Waals surface area contributed by atoms with E-state index in [0.29, 0.717) is 23.8 Å². The van der Waals surface area contributed by atoms with Crippen molar-refractivity contribution in [3.05, 3.63) is 60.2 Å². The SMILES string of the molecule is CN(C)C[C@@H]1C[C@H](CO)CN(C(=O)c2cccc(Oc3ccccc3)c2)C1. The summed E-state index contributed by atoms with van der Waals surface area (Å²) in [6.45, 7) is 2.35. The molecule has 144 valence electrons. The fraction of sp³-hybridized carbons (Fsp3) is 0.409. The molecule has 2 atom stereocenters. The minimum absolute atomic E-state index is 0.00424. The lowest BCUT2D eigenvalue weighted by Crippen LogP contribution is -2.47. The molecule has 27 heavy (non-hydrogen) atoms. The van der Waals surface area contributed by atoms with Gasteiger partial charge in [-0.15, -0.1) is 0 Å². The number of hydrogen-bond acceptors (Lipinski definition) is 4. The van der Waals surface area contributed by atoms with Crippen LogP contribution in [0.2, 0.25) is 0 Å². The number of ether oxygens (including phenoxy) is 1. The van der Waals surface area contributed by atoms with Gasteiger partial charge in [0.2, 0.25) is 0 Å². The van der Waals surface area contributed by atoms with Gasteiger partial charge in [0.05, 0.1) is 0 Å². The zero-order chi connectivity index (χ0) is 19.2. The van der Waals surface area contributed by atoms with Crippen molar-refractivity contribution >= 4 is 5.91 Å². The third-order valence-electron chi connectivity index (χ3n) is 4.85. The Kier molecular flexibility index (Phi) is 6.48. The second-order valence-corrected chi connectivity index (χ2v) is 7.57. The first-order valence-electron chi connectivity index (χ1n) is 9.43. The zero-order valence-electron chi connectivity index (χ0n) is 16.0. The van der Waals surface area contributed by atoms with E-state index in [4.69, 9.17) is 4.74 Å². The number of carbonyl (C=O) groups is 1. The Hall–Kier alpha value is -2.37. The monoisotopic (exact) mass is 368 g/mol. The topological polar surface area (TPSA) is 53.0 Å². The van der Waals surface area contributed by atoms with Gasteiger partial charge in [-0.1, -0.05) is 24.3 Å². The van der Waals surface area contributed by atoms with Crippen molar-refractivity contribution in [3.63, 3.8) is 0 Å². The van der Waals surface area contributed by atoms with E-state index in [2.05, 4.69) is 4.90 Å². The molecule has 1 aliphatic heterocycles. The van der Waals surface area contributed by atoms with E-state index in [-0.39, 0.29) is 18.4 Å². The van der Waals surface area contributed by atoms with Gasteiger partial charge >= 0.3 is 0 Å². The first-order chi connectivity index (χ1) is 13.0. The number of aliphatic hydroxyl groups excluding tert-OH is 1. The number of hydrogen-bond donors (Lipinski definition) is 1. The molecule has 1 fully saturated rings. The van der Waals surface area contributed by atoms with Gasteiger partial charge in [-0.25, -0.2) is 0 Å². The number of benzene rings is 2. The van der Waals surface area contributed by atoms with Gasteiger partial charge in [-0.3, -0.25) is 4.79 Å². The lowest BCUT2D eigenvalue weighted by molar-refractivity contribution is 0.0477. The lowest BCUT2D eigenvalue weighted by Gasteiger charge is -2.38. The van der Waals surface area contributed by atoms with E-state index in [9.17, 15) is 9.90 Å². The standard InChI is InChI=1S/C22H28N2O3/c1-23(2)13-17-11-18(16-25)15-24(14-17)22(26)19-7-6-10-21(12-19)27-20-8-4-3-5-9-20/h3-10,12,17-18,25H,11,13-16H2,1-2H3/t17-,18-/m0/s1. The fourth-order valence-corrected chi connectivity index (χ4v) is 3.76. The Bertz CT molecular complexity index is 748. The maximum absolute atomic E-state index is 13.1. The van der Waals surface area contributed by atoms with Crippen molar-refractivity contribution in [1.82, 2.24) is 9.80 Å². The largest absolute Gasteiger partial charge is 0.457 e. The highest BCUT2D eigenvalue weighted by molar-refractivity contribution is 5.94. The van der Waals surface area contributed by atoms with Gasteiger partial charge in [0.1, 0.15) is 11.5 Å². The summed E-state index contributed by atoms with van der Waals surface area (Å²) in [5.41, 5.74) is 0.616. The summed E-state index contributed by atoms with van der Waals surface area (Å²) in [5, 5.41) is 9.65. The summed E-state index contributed by atoms with van der Waals surface area (Å²) in [6, 6.07) is 16.8. The molecule has 0 unspecified atom stereocenters. The van der Waals surface area contributed by atoms with Crippen LogP contribution in [0.25, 0.3) is 0 Å². The minimum Gasteiger partial charge on any atom is -0.457 e. The normalized spacial score (nSPS) is 19.9. The molecule has 1 saturated heterocycles. The van der Waals surface area contributed by atoms with Crippen molar-refractivity contribution in [2.24, 2.45) is 11.8 Å². The Morgan fingerprint density at radius 2 is 1.78 bits per heavy atom. The number of para-hydroxylation sites is 1. The van der Waals surface area contributed by atoms with Crippen LogP contribution < -0.4 is 4.74 Å². The number of nitrogens with zero attached hydrogens (tertiary/aromatic N) is 2. The number of carbonyl (C=O) groups excluding carboxylic acids is 1. The van der Waals surface area contributed by atoms with Crippen molar-refractivity contribution in [1.29, 1.82) is 0 Å². The van der Waals surface area contributed by atoms with Crippen molar-refractivity contribution in [3.8, 4) is 11.5 Å². The van der Waals surface area contributed by atoms with E-state index >= 15 is 0 Å². The second kappa shape index (κ2) is 9.02. The van der Waals surface area contributed by atoms with Crippen LogP contribution in [0, 0.1) is 11.8 Å². The van der Waals surface area contributed by atoms with Gasteiger partial charge in [-0.2, -0.15) is 0 Å². The maximum Gasteiger partial charge on any atom is 0.254 e. The molecule has 1 heterocycles. The van der Waals surface area contributed by atoms with Gasteiger partial charge < -0.3 is 19.6 Å². The molecule has 0 aliphatic carbocycles. The molecular weight excluding hydrogens is 340 g/mol. The highest BCUT2D eigenvalue weighted by atomic mass is 16.5. The number of amides is 1. The summed E-state index contributed by atoms with van der Waals surface area (Å²) in [7, 11) is 4.08. The maximum atomic E-state index is 13.1. The number of rotatable bonds is 6. The number of likely N-dealkylation sites (tertiary alicyclic amines) is 1. The second-order valence-electron chi connectivity index (χ2n) is 7.57. The lowest BCUT2D eigenvalue weighted by atomic mass is 9.89. The average Bonchev–Trinajstić information content (AvgIpc) is 2.67. The molecule has 5 nitrogen and oxygen atoms in total. The zero-order valence-corrected chi connectivity index (χ0v) is 16.0. The van der Waals surface area contributed by atoms with Crippen LogP contribution in [-0.2, 0) is 0 Å². The van der Waals surface area contributed by atoms with Crippen molar-refractivity contribution in [2.75, 3.05) is 40.3 Å². The molecule has 1 aliphatic rings. The quantitative estimate of drug-likeness (QED) is 0.851. The first kappa shape index (κ1) is 19.4. The van der Waals surface area contributed by atoms with Gasteiger partial charge in [0.25, 0.3) is 5.91 Å². The summed E-state index contributed by atoms with van der Waals surface area (Å²) in [4.78, 5) is 17.1. The first-order valence-corrected chi connectivity index (χ1v) is 9.43. The van der Waals surface area contributed by atoms with E-state index in [1.165, 1.54) is 0 Å². The fourth-order valence-electron chi connectivity index (χ4n) is 3.76. The van der Waals surface area contributed by atoms with Gasteiger partial charge in [0.15, 0.2) is 0 Å². The van der Waals surface area contributed by atoms with E-state index in [0.717, 1.165) is 25.3 Å². The summed E-state index contributed by atoms with van der Waals surface area (Å²) >= 11 is 0. The van der Waals surface area contributed by atoms with Crippen LogP contribution in [0.5, 0.6) is 11.5 Å². The van der Waals surface area contributed by atoms with Crippen molar-refractivity contribution < 1.29 is 14.6 Å². The number of piperidine rings is 1.